The van der Waals surface area contributed by atoms with E-state index < -0.39 is 5.97 Å². The summed E-state index contributed by atoms with van der Waals surface area (Å²) in [5, 5.41) is 19.1. The average Bonchev–Trinajstić information content (AvgIpc) is 2.40. The van der Waals surface area contributed by atoms with Crippen LogP contribution >= 0.6 is 0 Å². The molecule has 2 N–H and O–H groups in total. The van der Waals surface area contributed by atoms with Crippen molar-refractivity contribution in [3.05, 3.63) is 52.2 Å². The number of carboxylic acids is 1. The molecular formula is C15H10O5. The molecule has 5 heteroatoms. The second kappa shape index (κ2) is 4.38. The summed E-state index contributed by atoms with van der Waals surface area (Å²) in [5.74, 6) is -1.22. The molecule has 0 aliphatic rings. The van der Waals surface area contributed by atoms with Crippen LogP contribution in [0, 0.1) is 0 Å². The Balaban J connectivity index is 2.47. The van der Waals surface area contributed by atoms with E-state index in [-0.39, 0.29) is 34.1 Å². The molecule has 0 aliphatic heterocycles. The Kier molecular flexibility index (Phi) is 2.68. The van der Waals surface area contributed by atoms with Crippen LogP contribution in [0.25, 0.3) is 21.9 Å². The van der Waals surface area contributed by atoms with Gasteiger partial charge in [-0.25, -0.2) is 0 Å². The van der Waals surface area contributed by atoms with Crippen LogP contribution in [0.4, 0.5) is 0 Å². The first-order valence-corrected chi connectivity index (χ1v) is 5.95. The molecule has 3 rings (SSSR count). The summed E-state index contributed by atoms with van der Waals surface area (Å²) in [4.78, 5) is 23.2. The number of phenols is 1. The second-order valence-electron chi connectivity index (χ2n) is 4.48. The minimum absolute atomic E-state index is 0.156. The van der Waals surface area contributed by atoms with Gasteiger partial charge in [0.25, 0.3) is 0 Å². The van der Waals surface area contributed by atoms with Gasteiger partial charge < -0.3 is 14.6 Å². The van der Waals surface area contributed by atoms with E-state index in [4.69, 9.17) is 9.52 Å². The summed E-state index contributed by atoms with van der Waals surface area (Å²) in [6.07, 6.45) is -0.327. The van der Waals surface area contributed by atoms with Gasteiger partial charge in [0, 0.05) is 5.56 Å². The van der Waals surface area contributed by atoms with E-state index in [0.29, 0.717) is 11.0 Å². The van der Waals surface area contributed by atoms with Gasteiger partial charge in [0.15, 0.2) is 0 Å². The van der Waals surface area contributed by atoms with Crippen LogP contribution in [0.2, 0.25) is 0 Å². The fourth-order valence-electron chi connectivity index (χ4n) is 2.25. The number of aliphatic carboxylic acids is 1. The van der Waals surface area contributed by atoms with Gasteiger partial charge in [-0.2, -0.15) is 0 Å². The summed E-state index contributed by atoms with van der Waals surface area (Å²) >= 11 is 0. The van der Waals surface area contributed by atoms with E-state index in [1.165, 1.54) is 12.1 Å². The molecule has 0 aliphatic carbocycles. The van der Waals surface area contributed by atoms with E-state index >= 15 is 0 Å². The van der Waals surface area contributed by atoms with Crippen molar-refractivity contribution in [2.24, 2.45) is 0 Å². The molecule has 0 saturated heterocycles. The van der Waals surface area contributed by atoms with Crippen molar-refractivity contribution in [1.29, 1.82) is 0 Å². The minimum Gasteiger partial charge on any atom is -0.508 e. The quantitative estimate of drug-likeness (QED) is 0.697. The first-order chi connectivity index (χ1) is 9.56. The molecule has 0 unspecified atom stereocenters. The fraction of sp³-hybridized carbons (Fsp3) is 0.0667. The highest BCUT2D eigenvalue weighted by atomic mass is 16.4. The lowest BCUT2D eigenvalue weighted by Crippen LogP contribution is -2.06. The van der Waals surface area contributed by atoms with Gasteiger partial charge in [0.05, 0.1) is 17.2 Å². The molecule has 3 aromatic rings. The van der Waals surface area contributed by atoms with E-state index in [2.05, 4.69) is 0 Å². The largest absolute Gasteiger partial charge is 0.508 e. The lowest BCUT2D eigenvalue weighted by atomic mass is 10.1. The van der Waals surface area contributed by atoms with Crippen molar-refractivity contribution < 1.29 is 19.4 Å². The first kappa shape index (κ1) is 12.2. The monoisotopic (exact) mass is 270 g/mol. The van der Waals surface area contributed by atoms with E-state index in [9.17, 15) is 14.7 Å². The summed E-state index contributed by atoms with van der Waals surface area (Å²) in [5.41, 5.74) is 0.580. The Hall–Kier alpha value is -2.82. The van der Waals surface area contributed by atoms with Crippen LogP contribution in [0.5, 0.6) is 5.75 Å². The van der Waals surface area contributed by atoms with Gasteiger partial charge in [0.1, 0.15) is 16.9 Å². The Morgan fingerprint density at radius 2 is 1.90 bits per heavy atom. The number of carboxylic acid groups (broad SMARTS) is 1. The zero-order chi connectivity index (χ0) is 14.3. The van der Waals surface area contributed by atoms with Gasteiger partial charge in [-0.3, -0.25) is 9.59 Å². The molecule has 0 radical (unpaired) electrons. The van der Waals surface area contributed by atoms with Gasteiger partial charge in [-0.05, 0) is 24.3 Å². The Morgan fingerprint density at radius 1 is 1.15 bits per heavy atom. The average molecular weight is 270 g/mol. The standard InChI is InChI=1S/C15H10O5/c16-9-5-8(6-13(17)18)15-11(7-9)14(19)10-3-1-2-4-12(10)20-15/h1-5,7,16H,6H2,(H,17,18). The van der Waals surface area contributed by atoms with Crippen molar-refractivity contribution in [1.82, 2.24) is 0 Å². The number of hydrogen-bond acceptors (Lipinski definition) is 4. The zero-order valence-electron chi connectivity index (χ0n) is 10.3. The number of hydrogen-bond donors (Lipinski definition) is 2. The van der Waals surface area contributed by atoms with Gasteiger partial charge >= 0.3 is 5.97 Å². The Labute approximate surface area is 112 Å². The summed E-state index contributed by atoms with van der Waals surface area (Å²) in [6.45, 7) is 0. The predicted octanol–water partition coefficient (Wildman–Crippen LogP) is 2.28. The smallest absolute Gasteiger partial charge is 0.307 e. The molecule has 0 saturated carbocycles. The number of carbonyl (C=O) groups is 1. The lowest BCUT2D eigenvalue weighted by molar-refractivity contribution is -0.136. The molecular weight excluding hydrogens is 260 g/mol. The summed E-state index contributed by atoms with van der Waals surface area (Å²) < 4.78 is 5.64. The topological polar surface area (TPSA) is 87.7 Å². The fourth-order valence-corrected chi connectivity index (χ4v) is 2.25. The van der Waals surface area contributed by atoms with Crippen molar-refractivity contribution >= 4 is 27.9 Å². The maximum Gasteiger partial charge on any atom is 0.307 e. The molecule has 1 aromatic heterocycles. The van der Waals surface area contributed by atoms with Crippen LogP contribution in [-0.2, 0) is 11.2 Å². The van der Waals surface area contributed by atoms with E-state index in [0.717, 1.165) is 0 Å². The predicted molar refractivity (Wildman–Crippen MR) is 73.0 cm³/mol. The van der Waals surface area contributed by atoms with Crippen molar-refractivity contribution in [2.75, 3.05) is 0 Å². The van der Waals surface area contributed by atoms with E-state index in [1.807, 2.05) is 0 Å². The van der Waals surface area contributed by atoms with Crippen molar-refractivity contribution in [3.8, 4) is 5.75 Å². The Morgan fingerprint density at radius 3 is 2.65 bits per heavy atom. The number of aromatic hydroxyl groups is 1. The first-order valence-electron chi connectivity index (χ1n) is 5.95. The highest BCUT2D eigenvalue weighted by Gasteiger charge is 2.14. The number of phenolic OH excluding ortho intramolecular Hbond substituents is 1. The maximum absolute atomic E-state index is 12.4. The third-order valence-corrected chi connectivity index (χ3v) is 3.08. The molecule has 2 aromatic carbocycles. The molecule has 0 bridgehead atoms. The van der Waals surface area contributed by atoms with E-state index in [1.54, 1.807) is 24.3 Å². The highest BCUT2D eigenvalue weighted by Crippen LogP contribution is 2.26. The summed E-state index contributed by atoms with van der Waals surface area (Å²) in [6, 6.07) is 9.31. The van der Waals surface area contributed by atoms with Crippen LogP contribution in [0.15, 0.2) is 45.6 Å². The molecule has 1 heterocycles. The van der Waals surface area contributed by atoms with Crippen LogP contribution in [0.3, 0.4) is 0 Å². The number of para-hydroxylation sites is 1. The molecule has 0 atom stereocenters. The highest BCUT2D eigenvalue weighted by molar-refractivity contribution is 5.93. The third kappa shape index (κ3) is 1.89. The minimum atomic E-state index is -1.06. The Bertz CT molecular complexity index is 892. The van der Waals surface area contributed by atoms with Crippen molar-refractivity contribution in [3.63, 3.8) is 0 Å². The van der Waals surface area contributed by atoms with Crippen LogP contribution < -0.4 is 5.43 Å². The number of benzene rings is 2. The van der Waals surface area contributed by atoms with Crippen LogP contribution in [-0.4, -0.2) is 16.2 Å². The molecule has 0 fully saturated rings. The van der Waals surface area contributed by atoms with Gasteiger partial charge in [-0.1, -0.05) is 12.1 Å². The second-order valence-corrected chi connectivity index (χ2v) is 4.48. The maximum atomic E-state index is 12.4. The molecule has 100 valence electrons. The van der Waals surface area contributed by atoms with Crippen LogP contribution in [0.1, 0.15) is 5.56 Å². The van der Waals surface area contributed by atoms with Gasteiger partial charge in [0.2, 0.25) is 5.43 Å². The molecule has 0 amide bonds. The van der Waals surface area contributed by atoms with Gasteiger partial charge in [-0.15, -0.1) is 0 Å². The van der Waals surface area contributed by atoms with Crippen molar-refractivity contribution in [2.45, 2.75) is 6.42 Å². The zero-order valence-corrected chi connectivity index (χ0v) is 10.3. The number of rotatable bonds is 2. The number of fused-ring (bicyclic) bond motifs is 2. The summed E-state index contributed by atoms with van der Waals surface area (Å²) in [7, 11) is 0. The molecule has 20 heavy (non-hydrogen) atoms. The molecule has 0 spiro atoms. The molecule has 5 nitrogen and oxygen atoms in total. The SMILES string of the molecule is O=C(O)Cc1cc(O)cc2c(=O)c3ccccc3oc12. The normalized spacial score (nSPS) is 11.0. The lowest BCUT2D eigenvalue weighted by Gasteiger charge is -2.06. The third-order valence-electron chi connectivity index (χ3n) is 3.08.